The minimum absolute atomic E-state index is 0.213. The largest absolute Gasteiger partial charge is 0.481 e. The van der Waals surface area contributed by atoms with Crippen LogP contribution in [-0.2, 0) is 24.8 Å². The number of rotatable bonds is 6. The van der Waals surface area contributed by atoms with E-state index in [1.54, 1.807) is 0 Å². The Labute approximate surface area is 110 Å². The van der Waals surface area contributed by atoms with Crippen LogP contribution >= 0.6 is 0 Å². The lowest BCUT2D eigenvalue weighted by Gasteiger charge is -2.10. The Balaban J connectivity index is 3.04. The lowest BCUT2D eigenvalue weighted by atomic mass is 10.3. The number of carboxylic acids is 1. The van der Waals surface area contributed by atoms with Gasteiger partial charge in [0, 0.05) is 0 Å². The maximum atomic E-state index is 11.6. The van der Waals surface area contributed by atoms with E-state index in [9.17, 15) is 21.6 Å². The van der Waals surface area contributed by atoms with Gasteiger partial charge < -0.3 is 5.11 Å². The van der Waals surface area contributed by atoms with Crippen molar-refractivity contribution < 1.29 is 26.7 Å². The van der Waals surface area contributed by atoms with Crippen LogP contribution in [0, 0.1) is 0 Å². The molecule has 4 N–H and O–H groups in total. The maximum Gasteiger partial charge on any atom is 0.304 e. The molecule has 0 aliphatic heterocycles. The molecule has 1 aromatic rings. The zero-order valence-corrected chi connectivity index (χ0v) is 11.2. The smallest absolute Gasteiger partial charge is 0.304 e. The molecular formula is C9H12N2O6S2. The van der Waals surface area contributed by atoms with E-state index in [2.05, 4.69) is 0 Å². The van der Waals surface area contributed by atoms with Gasteiger partial charge in [-0.05, 0) is 12.1 Å². The number of anilines is 1. The summed E-state index contributed by atoms with van der Waals surface area (Å²) in [4.78, 5) is 9.94. The van der Waals surface area contributed by atoms with Crippen molar-refractivity contribution in [2.45, 2.75) is 11.3 Å². The number of benzene rings is 1. The fraction of sp³-hybridized carbons (Fsp3) is 0.222. The van der Waals surface area contributed by atoms with Crippen molar-refractivity contribution in [3.63, 3.8) is 0 Å². The van der Waals surface area contributed by atoms with Gasteiger partial charge in [0.15, 0.2) is 0 Å². The minimum atomic E-state index is -4.08. The first kappa shape index (κ1) is 15.4. The lowest BCUT2D eigenvalue weighted by Crippen LogP contribution is -2.21. The Bertz CT molecular complexity index is 680. The van der Waals surface area contributed by atoms with Crippen molar-refractivity contribution in [2.24, 2.45) is 5.14 Å². The molecule has 1 rings (SSSR count). The van der Waals surface area contributed by atoms with Gasteiger partial charge in [-0.1, -0.05) is 12.1 Å². The van der Waals surface area contributed by atoms with E-state index >= 15 is 0 Å². The molecule has 10 heteroatoms. The van der Waals surface area contributed by atoms with Crippen molar-refractivity contribution in [2.75, 3.05) is 10.5 Å². The number of hydrogen-bond donors (Lipinski definition) is 3. The minimum Gasteiger partial charge on any atom is -0.481 e. The van der Waals surface area contributed by atoms with Gasteiger partial charge in [0.25, 0.3) is 0 Å². The third-order valence-corrected chi connectivity index (χ3v) is 4.29. The summed E-state index contributed by atoms with van der Waals surface area (Å²) in [6.07, 6.45) is -0.590. The molecule has 0 aliphatic rings. The molecule has 0 spiro atoms. The van der Waals surface area contributed by atoms with Crippen LogP contribution < -0.4 is 9.86 Å². The lowest BCUT2D eigenvalue weighted by molar-refractivity contribution is -0.136. The van der Waals surface area contributed by atoms with Crippen LogP contribution in [0.1, 0.15) is 6.42 Å². The second kappa shape index (κ2) is 5.55. The summed E-state index contributed by atoms with van der Waals surface area (Å²) < 4.78 is 47.7. The Morgan fingerprint density at radius 3 is 2.32 bits per heavy atom. The van der Waals surface area contributed by atoms with Gasteiger partial charge in [-0.25, -0.2) is 22.0 Å². The van der Waals surface area contributed by atoms with Crippen LogP contribution in [-0.4, -0.2) is 33.7 Å². The molecule has 0 aliphatic carbocycles. The molecular weight excluding hydrogens is 296 g/mol. The van der Waals surface area contributed by atoms with Gasteiger partial charge in [0.1, 0.15) is 4.90 Å². The summed E-state index contributed by atoms with van der Waals surface area (Å²) in [7, 11) is -8.04. The van der Waals surface area contributed by atoms with Gasteiger partial charge >= 0.3 is 5.97 Å². The van der Waals surface area contributed by atoms with E-state index in [4.69, 9.17) is 10.2 Å². The van der Waals surface area contributed by atoms with Crippen LogP contribution in [0.15, 0.2) is 29.2 Å². The highest BCUT2D eigenvalue weighted by atomic mass is 32.2. The van der Waals surface area contributed by atoms with Crippen molar-refractivity contribution in [1.29, 1.82) is 0 Å². The summed E-state index contributed by atoms with van der Waals surface area (Å²) in [5, 5.41) is 13.4. The van der Waals surface area contributed by atoms with Crippen molar-refractivity contribution in [3.05, 3.63) is 24.3 Å². The van der Waals surface area contributed by atoms with Crippen molar-refractivity contribution >= 4 is 31.7 Å². The third kappa shape index (κ3) is 4.85. The summed E-state index contributed by atoms with van der Waals surface area (Å²) in [6, 6.07) is 5.17. The Morgan fingerprint density at radius 2 is 1.79 bits per heavy atom. The molecule has 0 atom stereocenters. The molecule has 1 aromatic carbocycles. The molecule has 106 valence electrons. The highest BCUT2D eigenvalue weighted by Gasteiger charge is 2.18. The molecule has 0 unspecified atom stereocenters. The summed E-state index contributed by atoms with van der Waals surface area (Å²) in [5.74, 6) is -1.94. The highest BCUT2D eigenvalue weighted by molar-refractivity contribution is 7.93. The number of nitrogens with two attached hydrogens (primary N) is 1. The topological polar surface area (TPSA) is 144 Å². The SMILES string of the molecule is NS(=O)(=O)c1ccccc1NS(=O)(=O)CCC(=O)O. The van der Waals surface area contributed by atoms with Crippen LogP contribution in [0.25, 0.3) is 0 Å². The molecule has 0 saturated carbocycles. The van der Waals surface area contributed by atoms with Gasteiger partial charge in [0.05, 0.1) is 17.9 Å². The first-order valence-corrected chi connectivity index (χ1v) is 8.16. The first-order chi connectivity index (χ1) is 8.62. The molecule has 19 heavy (non-hydrogen) atoms. The zero-order valence-electron chi connectivity index (χ0n) is 9.61. The Hall–Kier alpha value is -1.65. The number of carbonyl (C=O) groups is 1. The molecule has 8 nitrogen and oxygen atoms in total. The number of primary sulfonamides is 1. The average molecular weight is 308 g/mol. The van der Waals surface area contributed by atoms with Gasteiger partial charge in [-0.3, -0.25) is 9.52 Å². The van der Waals surface area contributed by atoms with Crippen molar-refractivity contribution in [3.8, 4) is 0 Å². The van der Waals surface area contributed by atoms with E-state index in [-0.39, 0.29) is 10.6 Å². The van der Waals surface area contributed by atoms with Crippen LogP contribution in [0.5, 0.6) is 0 Å². The van der Waals surface area contributed by atoms with Gasteiger partial charge in [-0.15, -0.1) is 0 Å². The number of aliphatic carboxylic acids is 1. The molecule has 0 bridgehead atoms. The summed E-state index contributed by atoms with van der Waals surface area (Å²) in [6.45, 7) is 0. The second-order valence-corrected chi connectivity index (χ2v) is 6.98. The molecule has 0 radical (unpaired) electrons. The number of sulfonamides is 2. The Morgan fingerprint density at radius 1 is 1.21 bits per heavy atom. The normalized spacial score (nSPS) is 12.1. The standard InChI is InChI=1S/C9H12N2O6S2/c10-19(16,17)8-4-2-1-3-7(8)11-18(14,15)6-5-9(12)13/h1-4,11H,5-6H2,(H,12,13)(H2,10,16,17). The predicted octanol–water partition coefficient (Wildman–Crippen LogP) is -0.450. The number of para-hydroxylation sites is 1. The average Bonchev–Trinajstić information content (AvgIpc) is 2.25. The van der Waals surface area contributed by atoms with Crippen LogP contribution in [0.2, 0.25) is 0 Å². The van der Waals surface area contributed by atoms with E-state index in [1.165, 1.54) is 18.2 Å². The van der Waals surface area contributed by atoms with E-state index < -0.39 is 38.2 Å². The van der Waals surface area contributed by atoms with Gasteiger partial charge in [0.2, 0.25) is 20.0 Å². The first-order valence-electron chi connectivity index (χ1n) is 4.96. The monoisotopic (exact) mass is 308 g/mol. The molecule has 0 saturated heterocycles. The van der Waals surface area contributed by atoms with Crippen LogP contribution in [0.3, 0.4) is 0 Å². The number of hydrogen-bond acceptors (Lipinski definition) is 5. The number of nitrogens with one attached hydrogen (secondary N) is 1. The van der Waals surface area contributed by atoms with E-state index in [1.807, 2.05) is 4.72 Å². The third-order valence-electron chi connectivity index (χ3n) is 2.04. The molecule has 0 aromatic heterocycles. The Kier molecular flexibility index (Phi) is 4.50. The highest BCUT2D eigenvalue weighted by Crippen LogP contribution is 2.20. The summed E-state index contributed by atoms with van der Waals surface area (Å²) in [5.41, 5.74) is -0.213. The van der Waals surface area contributed by atoms with Gasteiger partial charge in [-0.2, -0.15) is 0 Å². The van der Waals surface area contributed by atoms with E-state index in [0.717, 1.165) is 6.07 Å². The fourth-order valence-electron chi connectivity index (χ4n) is 1.24. The maximum absolute atomic E-state index is 11.6. The fourth-order valence-corrected chi connectivity index (χ4v) is 3.06. The molecule has 0 heterocycles. The van der Waals surface area contributed by atoms with E-state index in [0.29, 0.717) is 0 Å². The quantitative estimate of drug-likeness (QED) is 0.649. The predicted molar refractivity (Wildman–Crippen MR) is 67.5 cm³/mol. The zero-order chi connectivity index (χ0) is 14.7. The number of carboxylic acid groups (broad SMARTS) is 1. The summed E-state index contributed by atoms with van der Waals surface area (Å²) >= 11 is 0. The molecule has 0 fully saturated rings. The van der Waals surface area contributed by atoms with Crippen molar-refractivity contribution in [1.82, 2.24) is 0 Å². The van der Waals surface area contributed by atoms with Crippen LogP contribution in [0.4, 0.5) is 5.69 Å². The second-order valence-electron chi connectivity index (χ2n) is 3.61. The molecule has 0 amide bonds.